The lowest BCUT2D eigenvalue weighted by atomic mass is 10.1. The van der Waals surface area contributed by atoms with E-state index in [0.717, 1.165) is 18.8 Å². The van der Waals surface area contributed by atoms with Crippen molar-refractivity contribution in [2.75, 3.05) is 6.61 Å². The average Bonchev–Trinajstić information content (AvgIpc) is 2.30. The highest BCUT2D eigenvalue weighted by Gasteiger charge is 1.96. The molecular weight excluding hydrogens is 196 g/mol. The Labute approximate surface area is 99.8 Å². The Hall–Kier alpha value is -0.980. The molecule has 0 bridgehead atoms. The monoisotopic (exact) mass is 220 g/mol. The van der Waals surface area contributed by atoms with Crippen LogP contribution >= 0.6 is 0 Å². The third-order valence-corrected chi connectivity index (χ3v) is 2.70. The van der Waals surface area contributed by atoms with Crippen molar-refractivity contribution in [2.45, 2.75) is 52.4 Å². The maximum Gasteiger partial charge on any atom is 0.119 e. The first-order valence-corrected chi connectivity index (χ1v) is 6.58. The highest BCUT2D eigenvalue weighted by Crippen LogP contribution is 2.15. The summed E-state index contributed by atoms with van der Waals surface area (Å²) in [6.07, 6.45) is 7.40. The van der Waals surface area contributed by atoms with Gasteiger partial charge in [0.15, 0.2) is 0 Å². The molecule has 0 saturated heterocycles. The minimum absolute atomic E-state index is 0.857. The van der Waals surface area contributed by atoms with Crippen LogP contribution in [-0.2, 0) is 6.42 Å². The number of aryl methyl sites for hydroxylation is 1. The van der Waals surface area contributed by atoms with E-state index in [1.165, 1.54) is 37.7 Å². The molecule has 1 aromatic carbocycles. The lowest BCUT2D eigenvalue weighted by Crippen LogP contribution is -1.97. The Morgan fingerprint density at radius 3 is 2.62 bits per heavy atom. The summed E-state index contributed by atoms with van der Waals surface area (Å²) < 4.78 is 5.74. The molecule has 0 N–H and O–H groups in total. The number of benzene rings is 1. The lowest BCUT2D eigenvalue weighted by Gasteiger charge is -2.07. The molecule has 0 aliphatic carbocycles. The zero-order chi connectivity index (χ0) is 11.6. The number of ether oxygens (including phenoxy) is 1. The van der Waals surface area contributed by atoms with Crippen molar-refractivity contribution in [3.8, 4) is 5.75 Å². The van der Waals surface area contributed by atoms with Crippen molar-refractivity contribution in [2.24, 2.45) is 0 Å². The van der Waals surface area contributed by atoms with Crippen molar-refractivity contribution in [1.82, 2.24) is 0 Å². The molecule has 0 unspecified atom stereocenters. The van der Waals surface area contributed by atoms with Gasteiger partial charge in [0.25, 0.3) is 0 Å². The van der Waals surface area contributed by atoms with E-state index in [0.29, 0.717) is 0 Å². The van der Waals surface area contributed by atoms with Gasteiger partial charge >= 0.3 is 0 Å². The number of hydrogen-bond donors (Lipinski definition) is 0. The highest BCUT2D eigenvalue weighted by atomic mass is 16.5. The molecule has 1 heteroatoms. The molecule has 0 aliphatic heterocycles. The molecule has 0 aliphatic rings. The Morgan fingerprint density at radius 2 is 1.88 bits per heavy atom. The van der Waals surface area contributed by atoms with Crippen LogP contribution in [0.15, 0.2) is 24.3 Å². The minimum atomic E-state index is 0.857. The van der Waals surface area contributed by atoms with E-state index < -0.39 is 0 Å². The van der Waals surface area contributed by atoms with Gasteiger partial charge in [-0.1, -0.05) is 51.7 Å². The van der Waals surface area contributed by atoms with Crippen molar-refractivity contribution in [3.63, 3.8) is 0 Å². The van der Waals surface area contributed by atoms with Crippen LogP contribution in [0.4, 0.5) is 0 Å². The molecule has 0 radical (unpaired) electrons. The summed E-state index contributed by atoms with van der Waals surface area (Å²) in [5, 5.41) is 0. The predicted octanol–water partition coefficient (Wildman–Crippen LogP) is 4.60. The molecule has 0 amide bonds. The quantitative estimate of drug-likeness (QED) is 0.582. The van der Waals surface area contributed by atoms with Crippen LogP contribution in [-0.4, -0.2) is 6.61 Å². The van der Waals surface area contributed by atoms with Crippen LogP contribution in [0, 0.1) is 0 Å². The van der Waals surface area contributed by atoms with E-state index in [2.05, 4.69) is 38.1 Å². The fourth-order valence-corrected chi connectivity index (χ4v) is 1.80. The van der Waals surface area contributed by atoms with Crippen molar-refractivity contribution in [1.29, 1.82) is 0 Å². The molecule has 1 nitrogen and oxygen atoms in total. The van der Waals surface area contributed by atoms with Gasteiger partial charge in [-0.2, -0.15) is 0 Å². The first-order chi connectivity index (χ1) is 7.86. The topological polar surface area (TPSA) is 9.23 Å². The second-order valence-corrected chi connectivity index (χ2v) is 4.31. The van der Waals surface area contributed by atoms with E-state index in [1.54, 1.807) is 0 Å². The summed E-state index contributed by atoms with van der Waals surface area (Å²) in [7, 11) is 0. The lowest BCUT2D eigenvalue weighted by molar-refractivity contribution is 0.305. The second kappa shape index (κ2) is 8.20. The first-order valence-electron chi connectivity index (χ1n) is 6.58. The standard InChI is InChI=1S/C15H24O/c1-3-5-6-7-12-16-15-11-8-10-14(13-15)9-4-2/h8,10-11,13H,3-7,9,12H2,1-2H3. The van der Waals surface area contributed by atoms with Gasteiger partial charge in [0, 0.05) is 0 Å². The molecule has 1 rings (SSSR count). The largest absolute Gasteiger partial charge is 0.494 e. The van der Waals surface area contributed by atoms with Crippen LogP contribution in [0.2, 0.25) is 0 Å². The van der Waals surface area contributed by atoms with E-state index in [1.807, 2.05) is 0 Å². The maximum absolute atomic E-state index is 5.74. The van der Waals surface area contributed by atoms with Crippen LogP contribution < -0.4 is 4.74 Å². The van der Waals surface area contributed by atoms with Gasteiger partial charge in [-0.3, -0.25) is 0 Å². The average molecular weight is 220 g/mol. The van der Waals surface area contributed by atoms with Crippen LogP contribution in [0.3, 0.4) is 0 Å². The molecule has 1 aromatic rings. The Balaban J connectivity index is 2.27. The summed E-state index contributed by atoms with van der Waals surface area (Å²) in [5.74, 6) is 1.03. The number of rotatable bonds is 8. The number of hydrogen-bond acceptors (Lipinski definition) is 1. The summed E-state index contributed by atoms with van der Waals surface area (Å²) in [4.78, 5) is 0. The SMILES string of the molecule is CCCCCCOc1cccc(CCC)c1. The van der Waals surface area contributed by atoms with E-state index in [9.17, 15) is 0 Å². The molecule has 0 fully saturated rings. The third-order valence-electron chi connectivity index (χ3n) is 2.70. The van der Waals surface area contributed by atoms with Crippen molar-refractivity contribution >= 4 is 0 Å². The zero-order valence-electron chi connectivity index (χ0n) is 10.7. The normalized spacial score (nSPS) is 10.4. The second-order valence-electron chi connectivity index (χ2n) is 4.31. The summed E-state index contributed by atoms with van der Waals surface area (Å²) in [5.41, 5.74) is 1.38. The third kappa shape index (κ3) is 5.20. The summed E-state index contributed by atoms with van der Waals surface area (Å²) in [6, 6.07) is 8.49. The molecule has 90 valence electrons. The van der Waals surface area contributed by atoms with Crippen LogP contribution in [0.25, 0.3) is 0 Å². The molecular formula is C15H24O. The van der Waals surface area contributed by atoms with Gasteiger partial charge in [-0.15, -0.1) is 0 Å². The van der Waals surface area contributed by atoms with Crippen LogP contribution in [0.1, 0.15) is 51.5 Å². The highest BCUT2D eigenvalue weighted by molar-refractivity contribution is 5.28. The zero-order valence-corrected chi connectivity index (χ0v) is 10.7. The first kappa shape index (κ1) is 13.1. The van der Waals surface area contributed by atoms with Crippen molar-refractivity contribution in [3.05, 3.63) is 29.8 Å². The van der Waals surface area contributed by atoms with Gasteiger partial charge < -0.3 is 4.74 Å². The fourth-order valence-electron chi connectivity index (χ4n) is 1.80. The van der Waals surface area contributed by atoms with E-state index >= 15 is 0 Å². The maximum atomic E-state index is 5.74. The van der Waals surface area contributed by atoms with Crippen molar-refractivity contribution < 1.29 is 4.74 Å². The van der Waals surface area contributed by atoms with Gasteiger partial charge in [-0.25, -0.2) is 0 Å². The van der Waals surface area contributed by atoms with Crippen LogP contribution in [0.5, 0.6) is 5.75 Å². The summed E-state index contributed by atoms with van der Waals surface area (Å²) >= 11 is 0. The minimum Gasteiger partial charge on any atom is -0.494 e. The van der Waals surface area contributed by atoms with Gasteiger partial charge in [0.2, 0.25) is 0 Å². The predicted molar refractivity (Wildman–Crippen MR) is 70.1 cm³/mol. The molecule has 0 saturated carbocycles. The molecule has 0 heterocycles. The van der Waals surface area contributed by atoms with E-state index in [4.69, 9.17) is 4.74 Å². The van der Waals surface area contributed by atoms with E-state index in [-0.39, 0.29) is 0 Å². The molecule has 16 heavy (non-hydrogen) atoms. The fraction of sp³-hybridized carbons (Fsp3) is 0.600. The van der Waals surface area contributed by atoms with Gasteiger partial charge in [-0.05, 0) is 30.5 Å². The number of unbranched alkanes of at least 4 members (excludes halogenated alkanes) is 3. The Kier molecular flexibility index (Phi) is 6.71. The van der Waals surface area contributed by atoms with Gasteiger partial charge in [0.1, 0.15) is 5.75 Å². The smallest absolute Gasteiger partial charge is 0.119 e. The van der Waals surface area contributed by atoms with Gasteiger partial charge in [0.05, 0.1) is 6.61 Å². The summed E-state index contributed by atoms with van der Waals surface area (Å²) in [6.45, 7) is 5.29. The Morgan fingerprint density at radius 1 is 1.00 bits per heavy atom. The molecule has 0 spiro atoms. The molecule has 0 atom stereocenters. The Bertz CT molecular complexity index is 281. The molecule has 0 aromatic heterocycles.